The minimum absolute atomic E-state index is 0.264. The lowest BCUT2D eigenvalue weighted by molar-refractivity contribution is 0.0984. The highest BCUT2D eigenvalue weighted by Gasteiger charge is 2.20. The number of amides is 1. The Labute approximate surface area is 139 Å². The van der Waals surface area contributed by atoms with Crippen molar-refractivity contribution in [2.45, 2.75) is 13.5 Å². The summed E-state index contributed by atoms with van der Waals surface area (Å²) in [7, 11) is 0. The van der Waals surface area contributed by atoms with E-state index in [4.69, 9.17) is 20.8 Å². The third-order valence-electron chi connectivity index (χ3n) is 3.44. The molecule has 0 aliphatic rings. The Kier molecular flexibility index (Phi) is 4.65. The van der Waals surface area contributed by atoms with E-state index in [0.29, 0.717) is 29.5 Å². The number of nitrogens with one attached hydrogen (secondary N) is 1. The first-order valence-electron chi connectivity index (χ1n) is 7.34. The lowest BCUT2D eigenvalue weighted by Crippen LogP contribution is -2.13. The lowest BCUT2D eigenvalue weighted by atomic mass is 10.1. The van der Waals surface area contributed by atoms with Crippen molar-refractivity contribution in [3.05, 3.63) is 64.9 Å². The van der Waals surface area contributed by atoms with Gasteiger partial charge < -0.3 is 14.5 Å². The third kappa shape index (κ3) is 3.38. The van der Waals surface area contributed by atoms with E-state index in [1.807, 2.05) is 31.2 Å². The van der Waals surface area contributed by atoms with Crippen molar-refractivity contribution < 1.29 is 13.9 Å². The Hall–Kier alpha value is -2.30. The molecular formula is C18H16ClNO3. The fraction of sp³-hybridized carbons (Fsp3) is 0.167. The molecule has 0 unspecified atom stereocenters. The smallest absolute Gasteiger partial charge is 0.291 e. The molecule has 1 amide bonds. The van der Waals surface area contributed by atoms with Crippen LogP contribution in [-0.4, -0.2) is 12.5 Å². The quantitative estimate of drug-likeness (QED) is 0.726. The van der Waals surface area contributed by atoms with Gasteiger partial charge in [0.2, 0.25) is 0 Å². The van der Waals surface area contributed by atoms with Crippen LogP contribution in [-0.2, 0) is 11.3 Å². The van der Waals surface area contributed by atoms with Gasteiger partial charge in [0, 0.05) is 28.3 Å². The number of ether oxygens (including phenoxy) is 1. The van der Waals surface area contributed by atoms with Crippen molar-refractivity contribution >= 4 is 34.2 Å². The summed E-state index contributed by atoms with van der Waals surface area (Å²) in [5, 5.41) is 4.25. The highest BCUT2D eigenvalue weighted by molar-refractivity contribution is 6.31. The molecule has 0 saturated carbocycles. The highest BCUT2D eigenvalue weighted by atomic mass is 35.5. The van der Waals surface area contributed by atoms with Gasteiger partial charge in [0.25, 0.3) is 5.91 Å². The molecule has 1 N–H and O–H groups in total. The Balaban J connectivity index is 1.95. The zero-order valence-corrected chi connectivity index (χ0v) is 13.4. The normalized spacial score (nSPS) is 10.9. The van der Waals surface area contributed by atoms with E-state index < -0.39 is 0 Å². The number of carbonyl (C=O) groups is 1. The second-order valence-corrected chi connectivity index (χ2v) is 5.44. The summed E-state index contributed by atoms with van der Waals surface area (Å²) in [5.74, 6) is -0.0576. The van der Waals surface area contributed by atoms with Gasteiger partial charge in [-0.15, -0.1) is 0 Å². The maximum atomic E-state index is 12.6. The number of carbonyl (C=O) groups excluding carboxylic acids is 1. The summed E-state index contributed by atoms with van der Waals surface area (Å²) in [4.78, 5) is 12.6. The number of rotatable bonds is 5. The van der Waals surface area contributed by atoms with E-state index >= 15 is 0 Å². The molecule has 0 bridgehead atoms. The molecule has 0 atom stereocenters. The number of para-hydroxylation sites is 1. The first-order chi connectivity index (χ1) is 11.2. The van der Waals surface area contributed by atoms with Crippen LogP contribution in [0.2, 0.25) is 5.02 Å². The predicted octanol–water partition coefficient (Wildman–Crippen LogP) is 4.88. The van der Waals surface area contributed by atoms with E-state index in [9.17, 15) is 4.79 Å². The van der Waals surface area contributed by atoms with Crippen molar-refractivity contribution in [1.82, 2.24) is 0 Å². The molecule has 0 saturated heterocycles. The van der Waals surface area contributed by atoms with Crippen LogP contribution in [0.15, 0.2) is 52.9 Å². The van der Waals surface area contributed by atoms with Crippen molar-refractivity contribution in [2.24, 2.45) is 0 Å². The molecule has 0 radical (unpaired) electrons. The van der Waals surface area contributed by atoms with Gasteiger partial charge in [-0.3, -0.25) is 4.79 Å². The van der Waals surface area contributed by atoms with E-state index in [0.717, 1.165) is 10.9 Å². The van der Waals surface area contributed by atoms with Crippen LogP contribution >= 0.6 is 11.6 Å². The number of hydrogen-bond acceptors (Lipinski definition) is 3. The predicted molar refractivity (Wildman–Crippen MR) is 90.9 cm³/mol. The maximum absolute atomic E-state index is 12.6. The molecule has 0 aliphatic heterocycles. The van der Waals surface area contributed by atoms with E-state index in [2.05, 4.69) is 5.32 Å². The average Bonchev–Trinajstić information content (AvgIpc) is 2.91. The minimum Gasteiger partial charge on any atom is -0.451 e. The van der Waals surface area contributed by atoms with Crippen LogP contribution in [0.1, 0.15) is 23.0 Å². The monoisotopic (exact) mass is 329 g/mol. The lowest BCUT2D eigenvalue weighted by Gasteiger charge is -2.06. The van der Waals surface area contributed by atoms with Crippen LogP contribution < -0.4 is 5.32 Å². The molecule has 4 nitrogen and oxygen atoms in total. The number of halogens is 1. The summed E-state index contributed by atoms with van der Waals surface area (Å²) < 4.78 is 11.2. The van der Waals surface area contributed by atoms with Crippen molar-refractivity contribution in [3.8, 4) is 0 Å². The molecule has 5 heteroatoms. The Morgan fingerprint density at radius 2 is 2.04 bits per heavy atom. The Morgan fingerprint density at radius 1 is 1.22 bits per heavy atom. The molecule has 2 aromatic carbocycles. The highest BCUT2D eigenvalue weighted by Crippen LogP contribution is 2.27. The van der Waals surface area contributed by atoms with Gasteiger partial charge in [-0.25, -0.2) is 0 Å². The van der Waals surface area contributed by atoms with Crippen molar-refractivity contribution in [2.75, 3.05) is 11.9 Å². The first-order valence-corrected chi connectivity index (χ1v) is 7.72. The summed E-state index contributed by atoms with van der Waals surface area (Å²) >= 11 is 5.94. The van der Waals surface area contributed by atoms with Crippen LogP contribution in [0.5, 0.6) is 0 Å². The topological polar surface area (TPSA) is 51.5 Å². The number of anilines is 1. The number of furan rings is 1. The van der Waals surface area contributed by atoms with E-state index in [1.165, 1.54) is 0 Å². The number of fused-ring (bicyclic) bond motifs is 1. The molecule has 118 valence electrons. The van der Waals surface area contributed by atoms with Gasteiger partial charge in [0.05, 0.1) is 6.61 Å². The zero-order valence-electron chi connectivity index (χ0n) is 12.6. The van der Waals surface area contributed by atoms with Gasteiger partial charge in [0.1, 0.15) is 5.58 Å². The van der Waals surface area contributed by atoms with Gasteiger partial charge in [0.15, 0.2) is 5.76 Å². The average molecular weight is 330 g/mol. The molecule has 0 fully saturated rings. The van der Waals surface area contributed by atoms with E-state index in [-0.39, 0.29) is 11.7 Å². The van der Waals surface area contributed by atoms with Crippen LogP contribution in [0.4, 0.5) is 5.69 Å². The molecular weight excluding hydrogens is 314 g/mol. The van der Waals surface area contributed by atoms with E-state index in [1.54, 1.807) is 24.3 Å². The molecule has 0 aliphatic carbocycles. The zero-order chi connectivity index (χ0) is 16.2. The molecule has 1 aromatic heterocycles. The summed E-state index contributed by atoms with van der Waals surface area (Å²) in [6.07, 6.45) is 0. The van der Waals surface area contributed by atoms with Crippen LogP contribution in [0, 0.1) is 0 Å². The Bertz CT molecular complexity index is 841. The summed E-state index contributed by atoms with van der Waals surface area (Å²) in [5.41, 5.74) is 2.03. The first kappa shape index (κ1) is 15.6. The molecule has 3 aromatic rings. The standard InChI is InChI=1S/C18H16ClNO3/c1-2-22-11-15-14-8-3-4-9-16(14)23-17(15)18(21)20-13-7-5-6-12(19)10-13/h3-10H,2,11H2,1H3,(H,20,21). The van der Waals surface area contributed by atoms with Crippen LogP contribution in [0.25, 0.3) is 11.0 Å². The Morgan fingerprint density at radius 3 is 2.83 bits per heavy atom. The second-order valence-electron chi connectivity index (χ2n) is 5.01. The minimum atomic E-state index is -0.321. The second kappa shape index (κ2) is 6.86. The van der Waals surface area contributed by atoms with Crippen molar-refractivity contribution in [1.29, 1.82) is 0 Å². The molecule has 0 spiro atoms. The summed E-state index contributed by atoms with van der Waals surface area (Å²) in [6, 6.07) is 14.5. The molecule has 23 heavy (non-hydrogen) atoms. The largest absolute Gasteiger partial charge is 0.451 e. The van der Waals surface area contributed by atoms with Crippen LogP contribution in [0.3, 0.4) is 0 Å². The van der Waals surface area contributed by atoms with Crippen molar-refractivity contribution in [3.63, 3.8) is 0 Å². The SMILES string of the molecule is CCOCc1c(C(=O)Nc2cccc(Cl)c2)oc2ccccc12. The van der Waals surface area contributed by atoms with Gasteiger partial charge in [-0.1, -0.05) is 35.9 Å². The summed E-state index contributed by atoms with van der Waals surface area (Å²) in [6.45, 7) is 2.80. The maximum Gasteiger partial charge on any atom is 0.291 e. The van der Waals surface area contributed by atoms with Gasteiger partial charge in [-0.2, -0.15) is 0 Å². The third-order valence-corrected chi connectivity index (χ3v) is 3.67. The number of hydrogen-bond donors (Lipinski definition) is 1. The number of benzene rings is 2. The van der Waals surface area contributed by atoms with Gasteiger partial charge >= 0.3 is 0 Å². The molecule has 1 heterocycles. The fourth-order valence-electron chi connectivity index (χ4n) is 2.38. The van der Waals surface area contributed by atoms with Gasteiger partial charge in [-0.05, 0) is 31.2 Å². The fourth-order valence-corrected chi connectivity index (χ4v) is 2.57. The molecule has 3 rings (SSSR count).